The Kier molecular flexibility index (Phi) is 5.76. The summed E-state index contributed by atoms with van der Waals surface area (Å²) >= 11 is 0. The van der Waals surface area contributed by atoms with Crippen LogP contribution in [-0.4, -0.2) is 84.6 Å². The molecule has 0 spiro atoms. The molecule has 0 saturated carbocycles. The van der Waals surface area contributed by atoms with E-state index in [-0.39, 0.29) is 18.8 Å². The van der Waals surface area contributed by atoms with Gasteiger partial charge in [-0.15, -0.1) is 0 Å². The van der Waals surface area contributed by atoms with Gasteiger partial charge in [-0.3, -0.25) is 0 Å². The van der Waals surface area contributed by atoms with Gasteiger partial charge >= 0.3 is 5.97 Å². The summed E-state index contributed by atoms with van der Waals surface area (Å²) in [6.07, 6.45) is -5.40. The second-order valence-corrected chi connectivity index (χ2v) is 9.64. The van der Waals surface area contributed by atoms with Crippen LogP contribution in [0.1, 0.15) is 41.5 Å². The van der Waals surface area contributed by atoms with Gasteiger partial charge in [-0.25, -0.2) is 4.79 Å². The Bertz CT molecular complexity index is 732. The monoisotopic (exact) mass is 444 g/mol. The van der Waals surface area contributed by atoms with E-state index in [4.69, 9.17) is 37.9 Å². The third-order valence-electron chi connectivity index (χ3n) is 5.67. The van der Waals surface area contributed by atoms with Gasteiger partial charge in [-0.05, 0) is 41.5 Å². The molecule has 4 saturated heterocycles. The van der Waals surface area contributed by atoms with Crippen molar-refractivity contribution in [2.75, 3.05) is 13.2 Å². The van der Waals surface area contributed by atoms with Gasteiger partial charge in [0.2, 0.25) is 0 Å². The number of rotatable bonds is 5. The lowest BCUT2D eigenvalue weighted by atomic mass is 10.0. The van der Waals surface area contributed by atoms with E-state index in [2.05, 4.69) is 6.58 Å². The second-order valence-electron chi connectivity index (χ2n) is 9.64. The fourth-order valence-corrected chi connectivity index (χ4v) is 4.23. The first-order valence-corrected chi connectivity index (χ1v) is 10.5. The highest BCUT2D eigenvalue weighted by Crippen LogP contribution is 2.42. The predicted octanol–water partition coefficient (Wildman–Crippen LogP) is 0.995. The molecule has 4 rings (SSSR count). The molecule has 4 aliphatic heterocycles. The number of fused-ring (bicyclic) bond motifs is 1. The maximum absolute atomic E-state index is 12.9. The first-order chi connectivity index (χ1) is 14.3. The lowest BCUT2D eigenvalue weighted by molar-refractivity contribution is -0.235. The molecule has 0 bridgehead atoms. The van der Waals surface area contributed by atoms with E-state index in [1.54, 1.807) is 41.5 Å². The molecule has 0 radical (unpaired) electrons. The zero-order valence-corrected chi connectivity index (χ0v) is 18.8. The van der Waals surface area contributed by atoms with Crippen LogP contribution in [0, 0.1) is 0 Å². The molecule has 0 amide bonds. The third-order valence-corrected chi connectivity index (χ3v) is 5.67. The molecular formula is C21H32O10. The molecule has 4 fully saturated rings. The number of aliphatic hydroxyl groups excluding tert-OH is 1. The smallest absolute Gasteiger partial charge is 0.336 e. The topological polar surface area (TPSA) is 111 Å². The Hall–Kier alpha value is -1.11. The summed E-state index contributed by atoms with van der Waals surface area (Å²) in [6, 6.07) is 0. The molecule has 1 unspecified atom stereocenters. The number of carbonyl (C=O) groups excluding carboxylic acids is 1. The Morgan fingerprint density at radius 3 is 2.16 bits per heavy atom. The van der Waals surface area contributed by atoms with Crippen molar-refractivity contribution in [2.24, 2.45) is 0 Å². The molecule has 1 N–H and O–H groups in total. The summed E-state index contributed by atoms with van der Waals surface area (Å²) in [5.74, 6) is -3.31. The van der Waals surface area contributed by atoms with Crippen LogP contribution in [0.4, 0.5) is 0 Å². The first kappa shape index (κ1) is 23.1. The molecule has 0 aromatic heterocycles. The number of hydrogen-bond donors (Lipinski definition) is 1. The number of aliphatic hydroxyl groups is 1. The van der Waals surface area contributed by atoms with Crippen LogP contribution in [-0.2, 0) is 42.7 Å². The normalized spacial score (nSPS) is 41.1. The number of ether oxygens (including phenoxy) is 8. The van der Waals surface area contributed by atoms with Crippen molar-refractivity contribution >= 4 is 5.97 Å². The van der Waals surface area contributed by atoms with Crippen molar-refractivity contribution in [3.05, 3.63) is 12.2 Å². The second kappa shape index (κ2) is 7.74. The van der Waals surface area contributed by atoms with Crippen LogP contribution >= 0.6 is 0 Å². The molecule has 10 nitrogen and oxygen atoms in total. The van der Waals surface area contributed by atoms with Gasteiger partial charge in [0, 0.05) is 0 Å². The van der Waals surface area contributed by atoms with Gasteiger partial charge in [0.25, 0.3) is 0 Å². The van der Waals surface area contributed by atoms with Gasteiger partial charge in [0.1, 0.15) is 24.4 Å². The maximum atomic E-state index is 12.9. The minimum absolute atomic E-state index is 0.133. The minimum Gasteiger partial charge on any atom is -0.453 e. The Morgan fingerprint density at radius 1 is 0.935 bits per heavy atom. The summed E-state index contributed by atoms with van der Waals surface area (Å²) in [7, 11) is 0. The SMILES string of the molecule is C=C(C(=O)O[C@@H]1[C@H]2OC(C)(C)O[C@H]2O[C@@H]1[C@H]1COC(C)(C)O1)C(O)[C@H]1COC(C)(C)O1. The lowest BCUT2D eigenvalue weighted by Gasteiger charge is -2.29. The van der Waals surface area contributed by atoms with Crippen molar-refractivity contribution in [2.45, 2.75) is 102 Å². The molecule has 4 aliphatic rings. The average Bonchev–Trinajstić information content (AvgIpc) is 3.36. The highest BCUT2D eigenvalue weighted by molar-refractivity contribution is 5.89. The Labute approximate surface area is 181 Å². The van der Waals surface area contributed by atoms with E-state index in [0.717, 1.165) is 0 Å². The summed E-state index contributed by atoms with van der Waals surface area (Å²) in [5, 5.41) is 10.6. The van der Waals surface area contributed by atoms with Gasteiger partial charge in [0.15, 0.2) is 35.9 Å². The fraction of sp³-hybridized carbons (Fsp3) is 0.857. The largest absolute Gasteiger partial charge is 0.453 e. The van der Waals surface area contributed by atoms with Crippen LogP contribution in [0.25, 0.3) is 0 Å². The van der Waals surface area contributed by atoms with Crippen LogP contribution < -0.4 is 0 Å². The van der Waals surface area contributed by atoms with Gasteiger partial charge in [0.05, 0.1) is 18.8 Å². The molecule has 7 atom stereocenters. The molecule has 176 valence electrons. The summed E-state index contributed by atoms with van der Waals surface area (Å²) in [6.45, 7) is 14.7. The number of hydrogen-bond acceptors (Lipinski definition) is 10. The molecule has 4 heterocycles. The highest BCUT2D eigenvalue weighted by Gasteiger charge is 2.60. The average molecular weight is 444 g/mol. The Morgan fingerprint density at radius 2 is 1.58 bits per heavy atom. The standard InChI is InChI=1S/C21H32O10/c1-10(13(22)11-8-24-19(2,3)28-11)17(23)26-15-14(12-9-25-20(4,5)29-12)27-18-16(15)30-21(6,7)31-18/h11-16,18,22H,1,8-9H2,2-7H3/t11-,12-,13?,14-,15+,16-,18-/m1/s1. The van der Waals surface area contributed by atoms with Crippen LogP contribution in [0.3, 0.4) is 0 Å². The van der Waals surface area contributed by atoms with E-state index in [9.17, 15) is 9.90 Å². The van der Waals surface area contributed by atoms with E-state index in [1.807, 2.05) is 0 Å². The Balaban J connectivity index is 1.46. The zero-order valence-electron chi connectivity index (χ0n) is 18.8. The van der Waals surface area contributed by atoms with Crippen molar-refractivity contribution in [3.63, 3.8) is 0 Å². The van der Waals surface area contributed by atoms with Crippen molar-refractivity contribution < 1.29 is 47.8 Å². The highest BCUT2D eigenvalue weighted by atomic mass is 16.9. The fourth-order valence-electron chi connectivity index (χ4n) is 4.23. The van der Waals surface area contributed by atoms with Crippen molar-refractivity contribution in [1.29, 1.82) is 0 Å². The van der Waals surface area contributed by atoms with Crippen LogP contribution in [0.15, 0.2) is 12.2 Å². The van der Waals surface area contributed by atoms with E-state index in [1.165, 1.54) is 0 Å². The molecule has 0 aromatic carbocycles. The maximum Gasteiger partial charge on any atom is 0.336 e. The van der Waals surface area contributed by atoms with Gasteiger partial charge in [-0.2, -0.15) is 0 Å². The third kappa shape index (κ3) is 4.67. The van der Waals surface area contributed by atoms with Crippen LogP contribution in [0.5, 0.6) is 0 Å². The summed E-state index contributed by atoms with van der Waals surface area (Å²) in [4.78, 5) is 12.9. The molecule has 0 aliphatic carbocycles. The molecule has 31 heavy (non-hydrogen) atoms. The van der Waals surface area contributed by atoms with E-state index >= 15 is 0 Å². The number of esters is 1. The molecule has 10 heteroatoms. The van der Waals surface area contributed by atoms with Crippen molar-refractivity contribution in [3.8, 4) is 0 Å². The quantitative estimate of drug-likeness (QED) is 0.487. The zero-order chi connectivity index (χ0) is 22.8. The summed E-state index contributed by atoms with van der Waals surface area (Å²) in [5.41, 5.74) is -0.143. The van der Waals surface area contributed by atoms with E-state index < -0.39 is 66.2 Å². The molecular weight excluding hydrogens is 412 g/mol. The number of carbonyl (C=O) groups is 1. The minimum atomic E-state index is -1.28. The van der Waals surface area contributed by atoms with Gasteiger partial charge in [-0.1, -0.05) is 6.58 Å². The molecule has 0 aromatic rings. The first-order valence-electron chi connectivity index (χ1n) is 10.5. The van der Waals surface area contributed by atoms with Crippen molar-refractivity contribution in [1.82, 2.24) is 0 Å². The summed E-state index contributed by atoms with van der Waals surface area (Å²) < 4.78 is 46.1. The lowest BCUT2D eigenvalue weighted by Crippen LogP contribution is -2.46. The van der Waals surface area contributed by atoms with Gasteiger partial charge < -0.3 is 43.0 Å². The predicted molar refractivity (Wildman–Crippen MR) is 104 cm³/mol. The van der Waals surface area contributed by atoms with Crippen LogP contribution in [0.2, 0.25) is 0 Å². The van der Waals surface area contributed by atoms with E-state index in [0.29, 0.717) is 0 Å².